The fourth-order valence-corrected chi connectivity index (χ4v) is 3.10. The number of hydrogen-bond acceptors (Lipinski definition) is 6. The molecule has 0 aliphatic heterocycles. The molecule has 10 heteroatoms. The van der Waals surface area contributed by atoms with Gasteiger partial charge in [-0.3, -0.25) is 4.79 Å². The van der Waals surface area contributed by atoms with Gasteiger partial charge in [-0.2, -0.15) is 13.8 Å². The summed E-state index contributed by atoms with van der Waals surface area (Å²) in [4.78, 5) is 20.2. The van der Waals surface area contributed by atoms with Crippen LogP contribution in [-0.2, 0) is 15.8 Å². The number of halogens is 2. The van der Waals surface area contributed by atoms with Crippen LogP contribution in [0.4, 0.5) is 8.78 Å². The first-order chi connectivity index (χ1) is 14.0. The molecule has 0 bridgehead atoms. The third-order valence-corrected chi connectivity index (χ3v) is 4.96. The van der Waals surface area contributed by atoms with Gasteiger partial charge in [0.05, 0.1) is 6.04 Å². The number of sulfone groups is 1. The minimum atomic E-state index is -3.36. The van der Waals surface area contributed by atoms with Crippen LogP contribution in [0.5, 0.6) is 11.6 Å². The predicted molar refractivity (Wildman–Crippen MR) is 106 cm³/mol. The molecule has 0 spiro atoms. The molecular formula is C20H21F2N3O4S. The minimum absolute atomic E-state index is 0.102. The normalized spacial score (nSPS) is 15.7. The van der Waals surface area contributed by atoms with Gasteiger partial charge in [0.25, 0.3) is 5.91 Å². The van der Waals surface area contributed by atoms with E-state index in [4.69, 9.17) is 4.74 Å². The molecular weight excluding hydrogens is 416 g/mol. The Morgan fingerprint density at radius 3 is 2.53 bits per heavy atom. The number of alkyl halides is 2. The van der Waals surface area contributed by atoms with E-state index in [1.165, 1.54) is 6.08 Å². The van der Waals surface area contributed by atoms with Gasteiger partial charge < -0.3 is 10.1 Å². The number of ether oxygens (including phenoxy) is 1. The zero-order chi connectivity index (χ0) is 21.9. The van der Waals surface area contributed by atoms with Crippen LogP contribution in [0.15, 0.2) is 48.0 Å². The fourth-order valence-electron chi connectivity index (χ4n) is 2.65. The average Bonchev–Trinajstić information content (AvgIpc) is 3.49. The average molecular weight is 437 g/mol. The van der Waals surface area contributed by atoms with E-state index in [0.717, 1.165) is 30.7 Å². The summed E-state index contributed by atoms with van der Waals surface area (Å²) in [5, 5.41) is 3.75. The molecule has 7 nitrogen and oxygen atoms in total. The maximum Gasteiger partial charge on any atom is 0.303 e. The number of aromatic nitrogens is 2. The van der Waals surface area contributed by atoms with Crippen LogP contribution in [0, 0.1) is 5.92 Å². The SMILES string of the molecule is CC(F)(F)c1ncc(C(=O)N[C@H](C=CS(C)(=O)=O)C2CC2)c(Oc2ccccc2)n1. The summed E-state index contributed by atoms with van der Waals surface area (Å²) in [5.74, 6) is -4.65. The first-order valence-corrected chi connectivity index (χ1v) is 11.2. The van der Waals surface area contributed by atoms with Gasteiger partial charge in [0.15, 0.2) is 9.84 Å². The molecule has 1 amide bonds. The molecule has 3 rings (SSSR count). The molecule has 0 saturated heterocycles. The standard InChI is InChI=1S/C20H21F2N3O4S/c1-20(21,22)19-23-12-15(18(25-19)29-14-6-4-3-5-7-14)17(26)24-16(13-8-9-13)10-11-30(2,27)28/h3-7,10-13,16H,8-9H2,1-2H3,(H,24,26)/t16-/m1/s1. The lowest BCUT2D eigenvalue weighted by Gasteiger charge is -2.17. The Labute approximate surface area is 173 Å². The number of carbonyl (C=O) groups is 1. The van der Waals surface area contributed by atoms with Crippen LogP contribution in [0.25, 0.3) is 0 Å². The van der Waals surface area contributed by atoms with E-state index in [9.17, 15) is 22.0 Å². The number of rotatable bonds is 8. The van der Waals surface area contributed by atoms with E-state index in [-0.39, 0.29) is 17.4 Å². The quantitative estimate of drug-likeness (QED) is 0.679. The highest BCUT2D eigenvalue weighted by Gasteiger charge is 2.33. The number of carbonyl (C=O) groups excluding carboxylic acids is 1. The minimum Gasteiger partial charge on any atom is -0.438 e. The summed E-state index contributed by atoms with van der Waals surface area (Å²) in [7, 11) is -3.36. The number of para-hydroxylation sites is 1. The highest BCUT2D eigenvalue weighted by molar-refractivity contribution is 7.93. The van der Waals surface area contributed by atoms with Crippen molar-refractivity contribution in [1.29, 1.82) is 0 Å². The van der Waals surface area contributed by atoms with Crippen LogP contribution < -0.4 is 10.1 Å². The van der Waals surface area contributed by atoms with E-state index in [1.54, 1.807) is 30.3 Å². The van der Waals surface area contributed by atoms with Crippen LogP contribution >= 0.6 is 0 Å². The summed E-state index contributed by atoms with van der Waals surface area (Å²) in [5.41, 5.74) is -0.134. The Morgan fingerprint density at radius 1 is 1.30 bits per heavy atom. The van der Waals surface area contributed by atoms with Gasteiger partial charge >= 0.3 is 5.92 Å². The van der Waals surface area contributed by atoms with Gasteiger partial charge in [-0.15, -0.1) is 0 Å². The fraction of sp³-hybridized carbons (Fsp3) is 0.350. The maximum atomic E-state index is 13.7. The zero-order valence-corrected chi connectivity index (χ0v) is 17.2. The van der Waals surface area contributed by atoms with Gasteiger partial charge in [0, 0.05) is 24.8 Å². The Morgan fingerprint density at radius 2 is 1.97 bits per heavy atom. The molecule has 1 saturated carbocycles. The van der Waals surface area contributed by atoms with E-state index >= 15 is 0 Å². The monoisotopic (exact) mass is 437 g/mol. The lowest BCUT2D eigenvalue weighted by molar-refractivity contribution is 0.00707. The summed E-state index contributed by atoms with van der Waals surface area (Å²) in [6, 6.07) is 7.78. The van der Waals surface area contributed by atoms with Gasteiger partial charge in [0.1, 0.15) is 11.3 Å². The first kappa shape index (κ1) is 21.8. The zero-order valence-electron chi connectivity index (χ0n) is 16.4. The lowest BCUT2D eigenvalue weighted by Crippen LogP contribution is -2.35. The molecule has 160 valence electrons. The van der Waals surface area contributed by atoms with Crippen molar-refractivity contribution in [2.24, 2.45) is 5.92 Å². The summed E-state index contributed by atoms with van der Waals surface area (Å²) < 4.78 is 55.8. The third kappa shape index (κ3) is 6.06. The number of hydrogen-bond donors (Lipinski definition) is 1. The van der Waals surface area contributed by atoms with Crippen molar-refractivity contribution in [3.8, 4) is 11.6 Å². The van der Waals surface area contributed by atoms with Gasteiger partial charge in [-0.1, -0.05) is 24.3 Å². The van der Waals surface area contributed by atoms with Gasteiger partial charge in [-0.05, 0) is 30.9 Å². The van der Waals surface area contributed by atoms with Crippen molar-refractivity contribution in [2.75, 3.05) is 6.26 Å². The second-order valence-electron chi connectivity index (χ2n) is 7.21. The number of benzene rings is 1. The second-order valence-corrected chi connectivity index (χ2v) is 9.14. The van der Waals surface area contributed by atoms with Crippen molar-refractivity contribution in [1.82, 2.24) is 15.3 Å². The number of nitrogens with zero attached hydrogens (tertiary/aromatic N) is 2. The molecule has 1 N–H and O–H groups in total. The Hall–Kier alpha value is -2.88. The van der Waals surface area contributed by atoms with Crippen molar-refractivity contribution >= 4 is 15.7 Å². The van der Waals surface area contributed by atoms with Crippen LogP contribution in [0.2, 0.25) is 0 Å². The van der Waals surface area contributed by atoms with E-state index < -0.39 is 33.5 Å². The molecule has 30 heavy (non-hydrogen) atoms. The molecule has 1 aromatic heterocycles. The molecule has 1 heterocycles. The highest BCUT2D eigenvalue weighted by atomic mass is 32.2. The van der Waals surface area contributed by atoms with Gasteiger partial charge in [0.2, 0.25) is 11.7 Å². The van der Waals surface area contributed by atoms with E-state index in [2.05, 4.69) is 15.3 Å². The van der Waals surface area contributed by atoms with Crippen molar-refractivity contribution in [3.63, 3.8) is 0 Å². The van der Waals surface area contributed by atoms with Gasteiger partial charge in [-0.25, -0.2) is 13.4 Å². The third-order valence-electron chi connectivity index (χ3n) is 4.31. The summed E-state index contributed by atoms with van der Waals surface area (Å²) in [6.07, 6.45) is 5.13. The molecule has 1 aromatic carbocycles. The molecule has 1 atom stereocenters. The van der Waals surface area contributed by atoms with Crippen molar-refractivity contribution in [3.05, 3.63) is 59.4 Å². The van der Waals surface area contributed by atoms with Crippen molar-refractivity contribution < 1.29 is 26.7 Å². The Kier molecular flexibility index (Phi) is 6.16. The summed E-state index contributed by atoms with van der Waals surface area (Å²) >= 11 is 0. The van der Waals surface area contributed by atoms with Crippen LogP contribution in [0.1, 0.15) is 35.9 Å². The molecule has 1 fully saturated rings. The predicted octanol–water partition coefficient (Wildman–Crippen LogP) is 3.45. The maximum absolute atomic E-state index is 13.7. The largest absolute Gasteiger partial charge is 0.438 e. The lowest BCUT2D eigenvalue weighted by atomic mass is 10.1. The topological polar surface area (TPSA) is 98.2 Å². The highest BCUT2D eigenvalue weighted by Crippen LogP contribution is 2.34. The van der Waals surface area contributed by atoms with Crippen molar-refractivity contribution in [2.45, 2.75) is 31.7 Å². The molecule has 1 aliphatic carbocycles. The van der Waals surface area contributed by atoms with E-state index in [0.29, 0.717) is 12.7 Å². The number of amides is 1. The molecule has 1 aliphatic rings. The van der Waals surface area contributed by atoms with Crippen LogP contribution in [0.3, 0.4) is 0 Å². The second kappa shape index (κ2) is 8.47. The summed E-state index contributed by atoms with van der Waals surface area (Å²) in [6.45, 7) is 0.646. The molecule has 0 unspecified atom stereocenters. The van der Waals surface area contributed by atoms with Crippen LogP contribution in [-0.4, -0.2) is 36.6 Å². The smallest absolute Gasteiger partial charge is 0.303 e. The molecule has 2 aromatic rings. The first-order valence-electron chi connectivity index (χ1n) is 9.20. The number of nitrogens with one attached hydrogen (secondary N) is 1. The molecule has 0 radical (unpaired) electrons. The van der Waals surface area contributed by atoms with E-state index in [1.807, 2.05) is 0 Å². The Balaban J connectivity index is 1.90. The Bertz CT molecular complexity index is 1050.